The van der Waals surface area contributed by atoms with E-state index >= 15 is 0 Å². The van der Waals surface area contributed by atoms with Gasteiger partial charge in [-0.05, 0) is 44.5 Å². The maximum Gasteiger partial charge on any atom is 0.193 e. The Morgan fingerprint density at radius 3 is 2.81 bits per heavy atom. The molecule has 0 amide bonds. The van der Waals surface area contributed by atoms with Gasteiger partial charge in [0.05, 0.1) is 0 Å². The van der Waals surface area contributed by atoms with Crippen LogP contribution in [-0.2, 0) is 6.54 Å². The SMILES string of the molecule is CN=C(NCC1CCCN1C)N(C)Cc1ccccc1C. The third-order valence-corrected chi connectivity index (χ3v) is 4.41. The Morgan fingerprint density at radius 2 is 2.19 bits per heavy atom. The van der Waals surface area contributed by atoms with E-state index in [0.29, 0.717) is 6.04 Å². The van der Waals surface area contributed by atoms with E-state index < -0.39 is 0 Å². The van der Waals surface area contributed by atoms with Gasteiger partial charge in [0.15, 0.2) is 5.96 Å². The van der Waals surface area contributed by atoms with Crippen LogP contribution in [0.1, 0.15) is 24.0 Å². The minimum atomic E-state index is 0.633. The summed E-state index contributed by atoms with van der Waals surface area (Å²) in [6.07, 6.45) is 2.59. The lowest BCUT2D eigenvalue weighted by Gasteiger charge is -2.26. The molecule has 116 valence electrons. The molecule has 1 saturated heterocycles. The Morgan fingerprint density at radius 1 is 1.43 bits per heavy atom. The molecule has 1 aliphatic heterocycles. The molecule has 1 heterocycles. The molecular formula is C17H28N4. The summed E-state index contributed by atoms with van der Waals surface area (Å²) in [5.41, 5.74) is 2.68. The number of hydrogen-bond acceptors (Lipinski definition) is 2. The van der Waals surface area contributed by atoms with Crippen LogP contribution in [0, 0.1) is 6.92 Å². The van der Waals surface area contributed by atoms with Crippen molar-refractivity contribution in [3.63, 3.8) is 0 Å². The number of likely N-dealkylation sites (tertiary alicyclic amines) is 1. The Hall–Kier alpha value is -1.55. The number of likely N-dealkylation sites (N-methyl/N-ethyl adjacent to an activating group) is 1. The highest BCUT2D eigenvalue weighted by Crippen LogP contribution is 2.14. The van der Waals surface area contributed by atoms with Gasteiger partial charge in [-0.2, -0.15) is 0 Å². The molecule has 0 radical (unpaired) electrons. The quantitative estimate of drug-likeness (QED) is 0.680. The topological polar surface area (TPSA) is 30.9 Å². The average molecular weight is 288 g/mol. The molecule has 1 fully saturated rings. The van der Waals surface area contributed by atoms with Crippen molar-refractivity contribution in [2.45, 2.75) is 32.4 Å². The summed E-state index contributed by atoms with van der Waals surface area (Å²) >= 11 is 0. The highest BCUT2D eigenvalue weighted by molar-refractivity contribution is 5.79. The summed E-state index contributed by atoms with van der Waals surface area (Å²) in [5.74, 6) is 0.971. The first-order valence-corrected chi connectivity index (χ1v) is 7.78. The standard InChI is InChI=1S/C17H28N4/c1-14-8-5-6-9-15(14)13-21(4)17(18-2)19-12-16-10-7-11-20(16)3/h5-6,8-9,16H,7,10-13H2,1-4H3,(H,18,19). The van der Waals surface area contributed by atoms with Gasteiger partial charge in [-0.15, -0.1) is 0 Å². The lowest BCUT2D eigenvalue weighted by atomic mass is 10.1. The minimum Gasteiger partial charge on any atom is -0.355 e. The number of aliphatic imine (C=N–C) groups is 1. The second-order valence-corrected chi connectivity index (χ2v) is 5.99. The number of nitrogens with one attached hydrogen (secondary N) is 1. The van der Waals surface area contributed by atoms with Crippen LogP contribution in [0.25, 0.3) is 0 Å². The van der Waals surface area contributed by atoms with E-state index in [1.165, 1.54) is 30.5 Å². The van der Waals surface area contributed by atoms with Crippen LogP contribution in [0.4, 0.5) is 0 Å². The van der Waals surface area contributed by atoms with Crippen LogP contribution in [-0.4, -0.2) is 56.0 Å². The van der Waals surface area contributed by atoms with Gasteiger partial charge in [0.1, 0.15) is 0 Å². The largest absolute Gasteiger partial charge is 0.355 e. The van der Waals surface area contributed by atoms with E-state index in [1.807, 2.05) is 7.05 Å². The normalized spacial score (nSPS) is 19.8. The Labute approximate surface area is 128 Å². The molecule has 1 aromatic rings. The molecule has 0 bridgehead atoms. The number of benzene rings is 1. The van der Waals surface area contributed by atoms with Crippen molar-refractivity contribution >= 4 is 5.96 Å². The first-order chi connectivity index (χ1) is 10.1. The summed E-state index contributed by atoms with van der Waals surface area (Å²) in [5, 5.41) is 3.52. The maximum absolute atomic E-state index is 4.41. The van der Waals surface area contributed by atoms with Crippen molar-refractivity contribution in [1.29, 1.82) is 0 Å². The number of aryl methyl sites for hydroxylation is 1. The van der Waals surface area contributed by atoms with Crippen LogP contribution in [0.3, 0.4) is 0 Å². The van der Waals surface area contributed by atoms with E-state index in [-0.39, 0.29) is 0 Å². The maximum atomic E-state index is 4.41. The number of rotatable bonds is 4. The smallest absolute Gasteiger partial charge is 0.193 e. The molecule has 2 rings (SSSR count). The molecule has 1 unspecified atom stereocenters. The third-order valence-electron chi connectivity index (χ3n) is 4.41. The predicted octanol–water partition coefficient (Wildman–Crippen LogP) is 2.10. The molecule has 1 N–H and O–H groups in total. The van der Waals surface area contributed by atoms with Crippen molar-refractivity contribution in [1.82, 2.24) is 15.1 Å². The van der Waals surface area contributed by atoms with E-state index in [2.05, 4.69) is 65.4 Å². The average Bonchev–Trinajstić information content (AvgIpc) is 2.88. The molecule has 21 heavy (non-hydrogen) atoms. The predicted molar refractivity (Wildman–Crippen MR) is 89.7 cm³/mol. The van der Waals surface area contributed by atoms with Gasteiger partial charge in [-0.25, -0.2) is 0 Å². The fourth-order valence-corrected chi connectivity index (χ4v) is 2.95. The van der Waals surface area contributed by atoms with Gasteiger partial charge in [0.2, 0.25) is 0 Å². The summed E-state index contributed by atoms with van der Waals surface area (Å²) in [7, 11) is 6.16. The molecule has 0 spiro atoms. The van der Waals surface area contributed by atoms with E-state index in [9.17, 15) is 0 Å². The summed E-state index contributed by atoms with van der Waals surface area (Å²) < 4.78 is 0. The van der Waals surface area contributed by atoms with Crippen molar-refractivity contribution in [2.24, 2.45) is 4.99 Å². The summed E-state index contributed by atoms with van der Waals surface area (Å²) in [4.78, 5) is 9.04. The highest BCUT2D eigenvalue weighted by atomic mass is 15.3. The number of nitrogens with zero attached hydrogens (tertiary/aromatic N) is 3. The van der Waals surface area contributed by atoms with Gasteiger partial charge in [-0.3, -0.25) is 4.99 Å². The number of hydrogen-bond donors (Lipinski definition) is 1. The zero-order valence-corrected chi connectivity index (χ0v) is 13.8. The summed E-state index contributed by atoms with van der Waals surface area (Å²) in [6.45, 7) is 5.23. The van der Waals surface area contributed by atoms with Crippen LogP contribution in [0.2, 0.25) is 0 Å². The van der Waals surface area contributed by atoms with Crippen molar-refractivity contribution in [3.05, 3.63) is 35.4 Å². The fourth-order valence-electron chi connectivity index (χ4n) is 2.95. The van der Waals surface area contributed by atoms with Gasteiger partial charge in [0, 0.05) is 33.2 Å². The number of guanidine groups is 1. The molecule has 1 aliphatic rings. The van der Waals surface area contributed by atoms with Crippen molar-refractivity contribution in [2.75, 3.05) is 34.2 Å². The van der Waals surface area contributed by atoms with Crippen LogP contribution in [0.15, 0.2) is 29.3 Å². The lowest BCUT2D eigenvalue weighted by molar-refractivity contribution is 0.306. The van der Waals surface area contributed by atoms with Gasteiger partial charge in [-0.1, -0.05) is 24.3 Å². The van der Waals surface area contributed by atoms with Crippen LogP contribution < -0.4 is 5.32 Å². The van der Waals surface area contributed by atoms with Gasteiger partial charge >= 0.3 is 0 Å². The third kappa shape index (κ3) is 4.21. The molecule has 4 heteroatoms. The van der Waals surface area contributed by atoms with Gasteiger partial charge < -0.3 is 15.1 Å². The monoisotopic (exact) mass is 288 g/mol. The fraction of sp³-hybridized carbons (Fsp3) is 0.588. The zero-order chi connectivity index (χ0) is 15.2. The Balaban J connectivity index is 1.90. The molecule has 1 aromatic carbocycles. The second-order valence-electron chi connectivity index (χ2n) is 5.99. The highest BCUT2D eigenvalue weighted by Gasteiger charge is 2.21. The zero-order valence-electron chi connectivity index (χ0n) is 13.8. The molecule has 1 atom stereocenters. The molecule has 0 saturated carbocycles. The van der Waals surface area contributed by atoms with Crippen LogP contribution in [0.5, 0.6) is 0 Å². The molecule has 4 nitrogen and oxygen atoms in total. The first-order valence-electron chi connectivity index (χ1n) is 7.78. The van der Waals surface area contributed by atoms with Crippen LogP contribution >= 0.6 is 0 Å². The summed E-state index contributed by atoms with van der Waals surface area (Å²) in [6, 6.07) is 9.16. The second kappa shape index (κ2) is 7.46. The van der Waals surface area contributed by atoms with E-state index in [0.717, 1.165) is 19.0 Å². The van der Waals surface area contributed by atoms with Crippen molar-refractivity contribution < 1.29 is 0 Å². The van der Waals surface area contributed by atoms with Gasteiger partial charge in [0.25, 0.3) is 0 Å². The minimum absolute atomic E-state index is 0.633. The first kappa shape index (κ1) is 15.8. The molecule has 0 aliphatic carbocycles. The van der Waals surface area contributed by atoms with E-state index in [1.54, 1.807) is 0 Å². The Kier molecular flexibility index (Phi) is 5.62. The molecule has 0 aromatic heterocycles. The van der Waals surface area contributed by atoms with Crippen molar-refractivity contribution in [3.8, 4) is 0 Å². The molecular weight excluding hydrogens is 260 g/mol. The Bertz CT molecular complexity index is 483. The lowest BCUT2D eigenvalue weighted by Crippen LogP contribution is -2.44. The van der Waals surface area contributed by atoms with E-state index in [4.69, 9.17) is 0 Å².